The van der Waals surface area contributed by atoms with E-state index in [2.05, 4.69) is 48.5 Å². The SMILES string of the molecule is B.c1ccc2ccccc2c1. The minimum absolute atomic E-state index is 0. The first-order chi connectivity index (χ1) is 4.97. The fraction of sp³-hybridized carbons (Fsp3) is 0. The lowest BCUT2D eigenvalue weighted by Crippen LogP contribution is -1.67. The number of hydrogen-bond acceptors (Lipinski definition) is 0. The van der Waals surface area contributed by atoms with Crippen molar-refractivity contribution >= 4 is 19.2 Å². The zero-order chi connectivity index (χ0) is 6.81. The van der Waals surface area contributed by atoms with Gasteiger partial charge in [-0.2, -0.15) is 0 Å². The summed E-state index contributed by atoms with van der Waals surface area (Å²) in [5.74, 6) is 0. The van der Waals surface area contributed by atoms with Crippen LogP contribution in [0.5, 0.6) is 0 Å². The highest BCUT2D eigenvalue weighted by Gasteiger charge is 1.85. The van der Waals surface area contributed by atoms with Gasteiger partial charge in [-0.15, -0.1) is 0 Å². The van der Waals surface area contributed by atoms with E-state index in [1.54, 1.807) is 0 Å². The smallest absolute Gasteiger partial charge is 0.0616 e. The fourth-order valence-electron chi connectivity index (χ4n) is 1.13. The molecule has 0 heterocycles. The van der Waals surface area contributed by atoms with Gasteiger partial charge in [0.05, 0.1) is 8.41 Å². The third-order valence-corrected chi connectivity index (χ3v) is 1.66. The molecule has 0 saturated heterocycles. The highest BCUT2D eigenvalue weighted by molar-refractivity contribution is 5.81. The van der Waals surface area contributed by atoms with Crippen LogP contribution in [0.4, 0.5) is 0 Å². The molecule has 0 bridgehead atoms. The van der Waals surface area contributed by atoms with Crippen molar-refractivity contribution in [1.29, 1.82) is 0 Å². The van der Waals surface area contributed by atoms with Gasteiger partial charge in [0.2, 0.25) is 0 Å². The zero-order valence-corrected chi connectivity index (χ0v) is 5.62. The van der Waals surface area contributed by atoms with E-state index in [0.717, 1.165) is 0 Å². The van der Waals surface area contributed by atoms with Crippen molar-refractivity contribution in [3.8, 4) is 0 Å². The van der Waals surface area contributed by atoms with Crippen molar-refractivity contribution in [3.05, 3.63) is 48.5 Å². The predicted molar refractivity (Wildman–Crippen MR) is 53.9 cm³/mol. The molecule has 2 rings (SSSR count). The lowest BCUT2D eigenvalue weighted by molar-refractivity contribution is 1.75. The van der Waals surface area contributed by atoms with Gasteiger partial charge in [0, 0.05) is 0 Å². The number of rotatable bonds is 0. The Kier molecular flexibility index (Phi) is 2.32. The maximum absolute atomic E-state index is 2.12. The Morgan fingerprint density at radius 1 is 0.545 bits per heavy atom. The molecule has 1 heteroatoms. The van der Waals surface area contributed by atoms with Crippen LogP contribution in [0.1, 0.15) is 0 Å². The molecule has 0 radical (unpaired) electrons. The standard InChI is InChI=1S/C10H8.BH3/c1-2-6-10-8-4-3-7-9(10)5-1;/h1-8H;1H3. The first kappa shape index (κ1) is 7.87. The van der Waals surface area contributed by atoms with Gasteiger partial charge in [0.25, 0.3) is 0 Å². The van der Waals surface area contributed by atoms with Crippen molar-refractivity contribution in [1.82, 2.24) is 0 Å². The Hall–Kier alpha value is -1.24. The number of fused-ring (bicyclic) bond motifs is 1. The van der Waals surface area contributed by atoms with Crippen molar-refractivity contribution in [2.75, 3.05) is 0 Å². The van der Waals surface area contributed by atoms with E-state index in [1.807, 2.05) is 0 Å². The van der Waals surface area contributed by atoms with Gasteiger partial charge in [-0.1, -0.05) is 48.5 Å². The maximum Gasteiger partial charge on any atom is 0.0814 e. The average Bonchev–Trinajstić information content (AvgIpc) is 2.05. The van der Waals surface area contributed by atoms with Crippen molar-refractivity contribution in [3.63, 3.8) is 0 Å². The number of hydrogen-bond donors (Lipinski definition) is 0. The molecule has 54 valence electrons. The van der Waals surface area contributed by atoms with Crippen LogP contribution < -0.4 is 0 Å². The highest BCUT2D eigenvalue weighted by Crippen LogP contribution is 2.11. The molecule has 0 aliphatic rings. The van der Waals surface area contributed by atoms with Crippen LogP contribution in [0.3, 0.4) is 0 Å². The Labute approximate surface area is 68.4 Å². The zero-order valence-electron chi connectivity index (χ0n) is 5.62. The maximum atomic E-state index is 2.12. The Morgan fingerprint density at radius 2 is 0.818 bits per heavy atom. The third kappa shape index (κ3) is 1.43. The van der Waals surface area contributed by atoms with Crippen LogP contribution in [0, 0.1) is 0 Å². The molecule has 0 amide bonds. The second-order valence-electron chi connectivity index (χ2n) is 2.35. The van der Waals surface area contributed by atoms with E-state index >= 15 is 0 Å². The fourth-order valence-corrected chi connectivity index (χ4v) is 1.13. The van der Waals surface area contributed by atoms with Crippen LogP contribution in [0.15, 0.2) is 48.5 Å². The van der Waals surface area contributed by atoms with Gasteiger partial charge in [-0.25, -0.2) is 0 Å². The second-order valence-corrected chi connectivity index (χ2v) is 2.35. The average molecular weight is 142 g/mol. The summed E-state index contributed by atoms with van der Waals surface area (Å²) in [7, 11) is 0. The largest absolute Gasteiger partial charge is 0.0814 e. The van der Waals surface area contributed by atoms with Crippen molar-refractivity contribution in [2.45, 2.75) is 0 Å². The van der Waals surface area contributed by atoms with E-state index in [0.29, 0.717) is 0 Å². The highest BCUT2D eigenvalue weighted by atomic mass is 13.9. The molecule has 0 fully saturated rings. The molecule has 11 heavy (non-hydrogen) atoms. The van der Waals surface area contributed by atoms with Crippen LogP contribution in [-0.4, -0.2) is 8.41 Å². The molecular weight excluding hydrogens is 131 g/mol. The Bertz CT molecular complexity index is 276. The summed E-state index contributed by atoms with van der Waals surface area (Å²) in [4.78, 5) is 0. The molecule has 0 unspecified atom stereocenters. The summed E-state index contributed by atoms with van der Waals surface area (Å²) in [5, 5.41) is 2.62. The van der Waals surface area contributed by atoms with Gasteiger partial charge >= 0.3 is 0 Å². The normalized spacial score (nSPS) is 9.09. The topological polar surface area (TPSA) is 0 Å². The second kappa shape index (κ2) is 3.24. The number of benzene rings is 2. The summed E-state index contributed by atoms with van der Waals surface area (Å²) >= 11 is 0. The molecule has 0 nitrogen and oxygen atoms in total. The van der Waals surface area contributed by atoms with Crippen LogP contribution in [0.25, 0.3) is 10.8 Å². The van der Waals surface area contributed by atoms with Gasteiger partial charge in [-0.05, 0) is 10.8 Å². The van der Waals surface area contributed by atoms with E-state index in [4.69, 9.17) is 0 Å². The molecule has 0 atom stereocenters. The van der Waals surface area contributed by atoms with E-state index in [-0.39, 0.29) is 8.41 Å². The van der Waals surface area contributed by atoms with Crippen molar-refractivity contribution < 1.29 is 0 Å². The summed E-state index contributed by atoms with van der Waals surface area (Å²) in [6, 6.07) is 16.7. The summed E-state index contributed by atoms with van der Waals surface area (Å²) in [6.45, 7) is 0. The summed E-state index contributed by atoms with van der Waals surface area (Å²) in [5.41, 5.74) is 0. The molecular formula is C10H11B. The van der Waals surface area contributed by atoms with E-state index in [9.17, 15) is 0 Å². The van der Waals surface area contributed by atoms with E-state index in [1.165, 1.54) is 10.8 Å². The molecule has 2 aromatic carbocycles. The Balaban J connectivity index is 0.000000605. The monoisotopic (exact) mass is 142 g/mol. The van der Waals surface area contributed by atoms with Gasteiger partial charge in [0.15, 0.2) is 0 Å². The molecule has 0 aliphatic carbocycles. The molecule has 0 N–H and O–H groups in total. The Morgan fingerprint density at radius 3 is 1.09 bits per heavy atom. The molecule has 0 saturated carbocycles. The first-order valence-corrected chi connectivity index (χ1v) is 3.40. The van der Waals surface area contributed by atoms with Gasteiger partial charge in [0.1, 0.15) is 0 Å². The summed E-state index contributed by atoms with van der Waals surface area (Å²) in [6.07, 6.45) is 0. The predicted octanol–water partition coefficient (Wildman–Crippen LogP) is 1.66. The molecule has 0 aromatic heterocycles. The van der Waals surface area contributed by atoms with Crippen LogP contribution >= 0.6 is 0 Å². The quantitative estimate of drug-likeness (QED) is 0.490. The minimum atomic E-state index is 0. The van der Waals surface area contributed by atoms with E-state index < -0.39 is 0 Å². The summed E-state index contributed by atoms with van der Waals surface area (Å²) < 4.78 is 0. The lowest BCUT2D eigenvalue weighted by Gasteiger charge is -1.92. The van der Waals surface area contributed by atoms with Crippen molar-refractivity contribution in [2.24, 2.45) is 0 Å². The molecule has 2 aromatic rings. The van der Waals surface area contributed by atoms with Crippen LogP contribution in [0.2, 0.25) is 0 Å². The van der Waals surface area contributed by atoms with Gasteiger partial charge < -0.3 is 0 Å². The molecule has 0 aliphatic heterocycles. The molecule has 0 spiro atoms. The third-order valence-electron chi connectivity index (χ3n) is 1.66. The first-order valence-electron chi connectivity index (χ1n) is 3.40. The van der Waals surface area contributed by atoms with Crippen LogP contribution in [-0.2, 0) is 0 Å². The lowest BCUT2D eigenvalue weighted by atomic mass is 10.1. The van der Waals surface area contributed by atoms with Gasteiger partial charge in [-0.3, -0.25) is 0 Å². The minimum Gasteiger partial charge on any atom is -0.0616 e.